The molecule has 0 saturated carbocycles. The molecule has 0 aliphatic carbocycles. The minimum absolute atomic E-state index is 0.0240. The second kappa shape index (κ2) is 19.3. The van der Waals surface area contributed by atoms with Crippen LogP contribution in [-0.4, -0.2) is 133 Å². The van der Waals surface area contributed by atoms with Crippen LogP contribution in [0.2, 0.25) is 0 Å². The maximum atomic E-state index is 14.7. The van der Waals surface area contributed by atoms with Crippen LogP contribution in [-0.2, 0) is 59.9 Å². The van der Waals surface area contributed by atoms with Crippen molar-refractivity contribution < 1.29 is 43.7 Å². The zero-order valence-electron chi connectivity index (χ0n) is 40.2. The van der Waals surface area contributed by atoms with E-state index in [9.17, 15) is 34.2 Å². The Bertz CT molecular complexity index is 2580. The molecule has 67 heavy (non-hydrogen) atoms. The number of aryl methyl sites for hydroxylation is 2. The van der Waals surface area contributed by atoms with Crippen molar-refractivity contribution in [1.82, 2.24) is 39.9 Å². The molecule has 3 aliphatic rings. The first kappa shape index (κ1) is 48.9. The molecule has 6 bridgehead atoms. The Balaban J connectivity index is 1.31. The fourth-order valence-corrected chi connectivity index (χ4v) is 10.2. The summed E-state index contributed by atoms with van der Waals surface area (Å²) >= 11 is 0. The highest BCUT2D eigenvalue weighted by molar-refractivity contribution is 5.97. The van der Waals surface area contributed by atoms with Gasteiger partial charge in [0.25, 0.3) is 11.8 Å². The summed E-state index contributed by atoms with van der Waals surface area (Å²) in [5.74, 6) is -3.35. The molecular formula is C50H66N8O9. The van der Waals surface area contributed by atoms with Crippen molar-refractivity contribution in [3.63, 3.8) is 0 Å². The number of aromatic nitrogens is 3. The van der Waals surface area contributed by atoms with Gasteiger partial charge in [-0.25, -0.2) is 5.43 Å². The van der Waals surface area contributed by atoms with Crippen molar-refractivity contribution in [3.05, 3.63) is 72.1 Å². The van der Waals surface area contributed by atoms with E-state index < -0.39 is 64.7 Å². The Hall–Kier alpha value is -6.04. The number of methoxy groups -OCH3 is 1. The fourth-order valence-electron chi connectivity index (χ4n) is 10.2. The molecule has 1 unspecified atom stereocenters. The summed E-state index contributed by atoms with van der Waals surface area (Å²) in [6, 6.07) is 8.07. The molecule has 7 rings (SSSR count). The number of rotatable bonds is 10. The molecular weight excluding hydrogens is 857 g/mol. The number of aliphatic hydroxyl groups is 1. The minimum atomic E-state index is -1.93. The van der Waals surface area contributed by atoms with E-state index in [2.05, 4.69) is 59.9 Å². The van der Waals surface area contributed by atoms with Crippen LogP contribution in [0.5, 0.6) is 5.75 Å². The third kappa shape index (κ3) is 9.72. The van der Waals surface area contributed by atoms with Crippen LogP contribution >= 0.6 is 0 Å². The average molecular weight is 923 g/mol. The van der Waals surface area contributed by atoms with E-state index in [4.69, 9.17) is 9.47 Å². The van der Waals surface area contributed by atoms with Crippen LogP contribution in [0.1, 0.15) is 83.7 Å². The number of benzene rings is 2. The molecule has 4 N–H and O–H groups in total. The first-order valence-electron chi connectivity index (χ1n) is 23.2. The van der Waals surface area contributed by atoms with Crippen LogP contribution in [0.15, 0.2) is 55.3 Å². The van der Waals surface area contributed by atoms with Crippen molar-refractivity contribution in [2.24, 2.45) is 18.4 Å². The number of ether oxygens (including phenoxy) is 2. The first-order valence-corrected chi connectivity index (χ1v) is 23.2. The highest BCUT2D eigenvalue weighted by atomic mass is 16.5. The number of carbonyl (C=O) groups excluding carboxylic acids is 5. The number of nitrogens with one attached hydrogen (secondary N) is 2. The third-order valence-corrected chi connectivity index (χ3v) is 13.6. The van der Waals surface area contributed by atoms with Gasteiger partial charge in [0, 0.05) is 75.6 Å². The van der Waals surface area contributed by atoms with Crippen molar-refractivity contribution in [1.29, 1.82) is 0 Å². The summed E-state index contributed by atoms with van der Waals surface area (Å²) < 4.78 is 16.0. The van der Waals surface area contributed by atoms with Gasteiger partial charge in [-0.1, -0.05) is 46.4 Å². The standard InChI is InChI=1S/C50H66N8O9/c1-11-41(60)56-19-17-50(65,27-56)48(64)54(8)42(29(3)4)45(61)52-39-22-31-20-33(23-34(59)21-31)32-15-16-40-35(24-32)36(44(57(40)12-2)37-26-51-55(9)43(37)30(5)66-10)25-49(6,7)28-67-47(63)38-14-13-18-58(53-38)46(39)62/h11,15-16,20-21,23-24,26,29-30,38-39,42,53,59,65H,1,12-14,17-19,22,25,27-28H2,2-10H3,(H,52,61)/t30-,38-,39-,42-,50?/m0/s1. The number of likely N-dealkylation sites (tertiary alicyclic amines) is 1. The van der Waals surface area contributed by atoms with E-state index in [1.54, 1.807) is 33.1 Å². The number of phenols is 1. The Morgan fingerprint density at radius 1 is 1.12 bits per heavy atom. The van der Waals surface area contributed by atoms with Crippen LogP contribution in [0, 0.1) is 11.3 Å². The monoisotopic (exact) mass is 922 g/mol. The smallest absolute Gasteiger partial charge is 0.324 e. The largest absolute Gasteiger partial charge is 0.508 e. The SMILES string of the molecule is C=CC(=O)N1CCC(O)(C(=O)N(C)[C@H](C(=O)N[C@H]2Cc3cc(O)cc(c3)-c3ccc4c(c3)c(c(-c3cnn(C)c3[C@H](C)OC)n4CC)CC(C)(C)COC(=O)[C@@H]3CCCN(N3)C2=O)C(C)C)C1. The second-order valence-corrected chi connectivity index (χ2v) is 19.5. The van der Waals surface area contributed by atoms with Crippen molar-refractivity contribution in [3.8, 4) is 28.1 Å². The predicted molar refractivity (Wildman–Crippen MR) is 252 cm³/mol. The number of likely N-dealkylation sites (N-methyl/N-ethyl adjacent to an activating group) is 1. The molecule has 2 aromatic carbocycles. The molecule has 4 amide bonds. The summed E-state index contributed by atoms with van der Waals surface area (Å²) in [5.41, 5.74) is 7.50. The lowest BCUT2D eigenvalue weighted by Gasteiger charge is -2.37. The minimum Gasteiger partial charge on any atom is -0.508 e. The van der Waals surface area contributed by atoms with Gasteiger partial charge >= 0.3 is 5.97 Å². The number of carbonyl (C=O) groups is 5. The van der Waals surface area contributed by atoms with Gasteiger partial charge in [0.1, 0.15) is 23.9 Å². The van der Waals surface area contributed by atoms with E-state index in [1.165, 1.54) is 21.9 Å². The number of phenolic OH excluding ortho intramolecular Hbond substituents is 1. The lowest BCUT2D eigenvalue weighted by Crippen LogP contribution is -2.63. The fraction of sp³-hybridized carbons (Fsp3) is 0.520. The Morgan fingerprint density at radius 2 is 1.87 bits per heavy atom. The molecule has 17 nitrogen and oxygen atoms in total. The van der Waals surface area contributed by atoms with Gasteiger partial charge in [-0.15, -0.1) is 0 Å². The highest BCUT2D eigenvalue weighted by Crippen LogP contribution is 2.42. The predicted octanol–water partition coefficient (Wildman–Crippen LogP) is 4.42. The molecule has 0 spiro atoms. The Kier molecular flexibility index (Phi) is 14.1. The van der Waals surface area contributed by atoms with E-state index in [1.807, 2.05) is 37.0 Å². The molecule has 17 heteroatoms. The zero-order valence-corrected chi connectivity index (χ0v) is 40.2. The molecule has 3 aliphatic heterocycles. The lowest BCUT2D eigenvalue weighted by atomic mass is 9.84. The summed E-state index contributed by atoms with van der Waals surface area (Å²) in [6.07, 6.45) is 4.06. The number of nitrogens with zero attached hydrogens (tertiary/aromatic N) is 6. The Morgan fingerprint density at radius 3 is 2.55 bits per heavy atom. The second-order valence-electron chi connectivity index (χ2n) is 19.5. The van der Waals surface area contributed by atoms with E-state index in [-0.39, 0.29) is 50.9 Å². The summed E-state index contributed by atoms with van der Waals surface area (Å²) in [6.45, 7) is 16.1. The quantitative estimate of drug-likeness (QED) is 0.130. The van der Waals surface area contributed by atoms with Gasteiger partial charge in [0.05, 0.1) is 36.8 Å². The topological polar surface area (TPSA) is 201 Å². The maximum Gasteiger partial charge on any atom is 0.324 e. The van der Waals surface area contributed by atoms with Crippen LogP contribution in [0.25, 0.3) is 33.3 Å². The van der Waals surface area contributed by atoms with Crippen LogP contribution < -0.4 is 10.7 Å². The number of hydrogen-bond acceptors (Lipinski definition) is 11. The molecule has 2 fully saturated rings. The molecule has 2 saturated heterocycles. The number of β-amino-alcohol motifs (C(OH)–C–C–N with tert-alkyl or cyclic N) is 1. The number of esters is 1. The van der Waals surface area contributed by atoms with Crippen LogP contribution in [0.3, 0.4) is 0 Å². The van der Waals surface area contributed by atoms with Crippen molar-refractivity contribution >= 4 is 40.5 Å². The molecule has 360 valence electrons. The number of cyclic esters (lactones) is 1. The van der Waals surface area contributed by atoms with Gasteiger partial charge < -0.3 is 39.4 Å². The van der Waals surface area contributed by atoms with Crippen molar-refractivity contribution in [2.45, 2.75) is 110 Å². The normalized spacial score (nSPS) is 22.0. The van der Waals surface area contributed by atoms with Gasteiger partial charge in [-0.3, -0.25) is 33.7 Å². The van der Waals surface area contributed by atoms with Gasteiger partial charge in [0.15, 0.2) is 5.60 Å². The van der Waals surface area contributed by atoms with Gasteiger partial charge in [0.2, 0.25) is 11.8 Å². The van der Waals surface area contributed by atoms with Crippen molar-refractivity contribution in [2.75, 3.05) is 40.4 Å². The van der Waals surface area contributed by atoms with E-state index in [0.29, 0.717) is 36.9 Å². The molecule has 5 heterocycles. The highest BCUT2D eigenvalue weighted by Gasteiger charge is 2.48. The summed E-state index contributed by atoms with van der Waals surface area (Å²) in [5, 5.41) is 32.7. The molecule has 4 aromatic rings. The first-order chi connectivity index (χ1) is 31.7. The number of hydrogen-bond donors (Lipinski definition) is 4. The Labute approximate surface area is 392 Å². The van der Waals surface area contributed by atoms with Gasteiger partial charge in [-0.2, -0.15) is 5.10 Å². The third-order valence-electron chi connectivity index (χ3n) is 13.6. The maximum absolute atomic E-state index is 14.7. The number of hydrazine groups is 1. The van der Waals surface area contributed by atoms with Crippen LogP contribution in [0.4, 0.5) is 0 Å². The number of aromatic hydroxyl groups is 1. The number of amides is 4. The molecule has 2 aromatic heterocycles. The molecule has 5 atom stereocenters. The zero-order chi connectivity index (χ0) is 48.7. The average Bonchev–Trinajstić information content (AvgIpc) is 3.98. The van der Waals surface area contributed by atoms with Gasteiger partial charge in [-0.05, 0) is 91.6 Å². The lowest BCUT2D eigenvalue weighted by molar-refractivity contribution is -0.156. The molecule has 0 radical (unpaired) electrons. The summed E-state index contributed by atoms with van der Waals surface area (Å²) in [4.78, 5) is 72.0. The summed E-state index contributed by atoms with van der Waals surface area (Å²) in [7, 11) is 5.00. The number of fused-ring (bicyclic) bond motifs is 6. The van der Waals surface area contributed by atoms with E-state index >= 15 is 0 Å². The van der Waals surface area contributed by atoms with E-state index in [0.717, 1.165) is 45.1 Å².